The Labute approximate surface area is 154 Å². The van der Waals surface area contributed by atoms with Crippen LogP contribution in [-0.4, -0.2) is 16.2 Å². The van der Waals surface area contributed by atoms with Crippen molar-refractivity contribution in [3.05, 3.63) is 58.4 Å². The minimum absolute atomic E-state index is 0.244. The summed E-state index contributed by atoms with van der Waals surface area (Å²) < 4.78 is 10.8. The molecule has 1 aliphatic carbocycles. The Morgan fingerprint density at radius 1 is 1.27 bits per heavy atom. The van der Waals surface area contributed by atoms with Crippen molar-refractivity contribution < 1.29 is 14.1 Å². The van der Waals surface area contributed by atoms with Gasteiger partial charge in [0.1, 0.15) is 5.75 Å². The summed E-state index contributed by atoms with van der Waals surface area (Å²) >= 11 is 1.61. The summed E-state index contributed by atoms with van der Waals surface area (Å²) in [7, 11) is 0. The highest BCUT2D eigenvalue weighted by Crippen LogP contribution is 2.38. The number of ether oxygens (including phenoxy) is 1. The Bertz CT molecular complexity index is 857. The monoisotopic (exact) mass is 370 g/mol. The standard InChI is InChI=1S/C18H18N4O3S/c23-18(19-10-15-2-1-9-26-15)20-13-5-7-14(8-6-13)24-11-16-21-17(25-22-16)12-3-4-12/h1-2,5-9,12H,3-4,10-11H2,(H2,19,20,23). The number of benzene rings is 1. The second-order valence-electron chi connectivity index (χ2n) is 6.02. The van der Waals surface area contributed by atoms with Gasteiger partial charge in [-0.2, -0.15) is 4.98 Å². The molecule has 0 bridgehead atoms. The minimum Gasteiger partial charge on any atom is -0.485 e. The van der Waals surface area contributed by atoms with E-state index in [0.29, 0.717) is 35.6 Å². The first-order valence-corrected chi connectivity index (χ1v) is 9.27. The molecule has 4 rings (SSSR count). The van der Waals surface area contributed by atoms with Crippen molar-refractivity contribution in [3.8, 4) is 5.75 Å². The molecule has 2 amide bonds. The lowest BCUT2D eigenvalue weighted by Crippen LogP contribution is -2.27. The summed E-state index contributed by atoms with van der Waals surface area (Å²) in [4.78, 5) is 17.3. The number of hydrogen-bond acceptors (Lipinski definition) is 6. The van der Waals surface area contributed by atoms with Crippen LogP contribution in [0.5, 0.6) is 5.75 Å². The average molecular weight is 370 g/mol. The lowest BCUT2D eigenvalue weighted by atomic mass is 10.3. The van der Waals surface area contributed by atoms with Crippen LogP contribution in [0, 0.1) is 0 Å². The highest BCUT2D eigenvalue weighted by molar-refractivity contribution is 7.09. The predicted octanol–water partition coefficient (Wildman–Crippen LogP) is 3.91. The third kappa shape index (κ3) is 4.40. The largest absolute Gasteiger partial charge is 0.485 e. The number of carbonyl (C=O) groups is 1. The normalized spacial score (nSPS) is 13.4. The maximum absolute atomic E-state index is 11.9. The van der Waals surface area contributed by atoms with Crippen LogP contribution < -0.4 is 15.4 Å². The fraction of sp³-hybridized carbons (Fsp3) is 0.278. The molecule has 0 aliphatic heterocycles. The molecule has 1 aliphatic rings. The number of anilines is 1. The zero-order chi connectivity index (χ0) is 17.8. The Kier molecular flexibility index (Phi) is 4.83. The zero-order valence-electron chi connectivity index (χ0n) is 14.0. The van der Waals surface area contributed by atoms with E-state index in [1.807, 2.05) is 17.5 Å². The molecule has 134 valence electrons. The molecule has 0 atom stereocenters. The molecule has 2 N–H and O–H groups in total. The van der Waals surface area contributed by atoms with E-state index in [2.05, 4.69) is 20.8 Å². The minimum atomic E-state index is -0.244. The lowest BCUT2D eigenvalue weighted by molar-refractivity contribution is 0.252. The van der Waals surface area contributed by atoms with Gasteiger partial charge in [0.05, 0.1) is 6.54 Å². The molecule has 0 radical (unpaired) electrons. The molecule has 0 unspecified atom stereocenters. The molecule has 2 aromatic heterocycles. The lowest BCUT2D eigenvalue weighted by Gasteiger charge is -2.08. The van der Waals surface area contributed by atoms with E-state index in [-0.39, 0.29) is 12.6 Å². The number of hydrogen-bond donors (Lipinski definition) is 2. The van der Waals surface area contributed by atoms with Gasteiger partial charge >= 0.3 is 6.03 Å². The molecule has 26 heavy (non-hydrogen) atoms. The molecular formula is C18H18N4O3S. The van der Waals surface area contributed by atoms with Crippen LogP contribution in [0.15, 0.2) is 46.3 Å². The Morgan fingerprint density at radius 2 is 2.12 bits per heavy atom. The number of carbonyl (C=O) groups excluding carboxylic acids is 1. The molecule has 1 saturated carbocycles. The third-order valence-corrected chi connectivity index (χ3v) is 4.77. The number of urea groups is 1. The second-order valence-corrected chi connectivity index (χ2v) is 7.06. The number of nitrogens with zero attached hydrogens (tertiary/aromatic N) is 2. The van der Waals surface area contributed by atoms with E-state index < -0.39 is 0 Å². The van der Waals surface area contributed by atoms with Crippen molar-refractivity contribution in [2.45, 2.75) is 31.9 Å². The van der Waals surface area contributed by atoms with Crippen molar-refractivity contribution in [1.82, 2.24) is 15.5 Å². The van der Waals surface area contributed by atoms with Crippen LogP contribution in [0.1, 0.15) is 35.4 Å². The first-order chi connectivity index (χ1) is 12.8. The first-order valence-electron chi connectivity index (χ1n) is 8.39. The van der Waals surface area contributed by atoms with Gasteiger partial charge in [-0.05, 0) is 48.6 Å². The second kappa shape index (κ2) is 7.57. The van der Waals surface area contributed by atoms with Crippen molar-refractivity contribution >= 4 is 23.1 Å². The fourth-order valence-corrected chi connectivity index (χ4v) is 3.00. The maximum atomic E-state index is 11.9. The molecule has 1 fully saturated rings. The van der Waals surface area contributed by atoms with E-state index in [4.69, 9.17) is 9.26 Å². The summed E-state index contributed by atoms with van der Waals surface area (Å²) in [6.45, 7) is 0.766. The van der Waals surface area contributed by atoms with Gasteiger partial charge in [-0.15, -0.1) is 11.3 Å². The van der Waals surface area contributed by atoms with E-state index in [1.165, 1.54) is 0 Å². The van der Waals surface area contributed by atoms with Crippen molar-refractivity contribution in [2.75, 3.05) is 5.32 Å². The van der Waals surface area contributed by atoms with Crippen molar-refractivity contribution in [3.63, 3.8) is 0 Å². The number of nitrogens with one attached hydrogen (secondary N) is 2. The van der Waals surface area contributed by atoms with Crippen molar-refractivity contribution in [1.29, 1.82) is 0 Å². The van der Waals surface area contributed by atoms with Crippen LogP contribution in [0.3, 0.4) is 0 Å². The number of aromatic nitrogens is 2. The van der Waals surface area contributed by atoms with Crippen LogP contribution in [0.25, 0.3) is 0 Å². The molecule has 0 spiro atoms. The highest BCUT2D eigenvalue weighted by Gasteiger charge is 2.29. The van der Waals surface area contributed by atoms with E-state index >= 15 is 0 Å². The Hall–Kier alpha value is -2.87. The van der Waals surface area contributed by atoms with Gasteiger partial charge in [-0.3, -0.25) is 0 Å². The van der Waals surface area contributed by atoms with Crippen LogP contribution in [-0.2, 0) is 13.2 Å². The topological polar surface area (TPSA) is 89.3 Å². The van der Waals surface area contributed by atoms with Gasteiger partial charge < -0.3 is 19.9 Å². The fourth-order valence-electron chi connectivity index (χ4n) is 2.36. The van der Waals surface area contributed by atoms with Crippen LogP contribution in [0.2, 0.25) is 0 Å². The van der Waals surface area contributed by atoms with E-state index in [9.17, 15) is 4.79 Å². The quantitative estimate of drug-likeness (QED) is 0.658. The first kappa shape index (κ1) is 16.6. The molecule has 2 heterocycles. The van der Waals surface area contributed by atoms with Crippen molar-refractivity contribution in [2.24, 2.45) is 0 Å². The SMILES string of the molecule is O=C(NCc1cccs1)Nc1ccc(OCc2noc(C3CC3)n2)cc1. The van der Waals surface area contributed by atoms with E-state index in [1.54, 1.807) is 35.6 Å². The van der Waals surface area contributed by atoms with Gasteiger partial charge in [-0.1, -0.05) is 11.2 Å². The zero-order valence-corrected chi connectivity index (χ0v) is 14.8. The van der Waals surface area contributed by atoms with Gasteiger partial charge in [0.25, 0.3) is 0 Å². The summed E-state index contributed by atoms with van der Waals surface area (Å²) in [6, 6.07) is 10.8. The predicted molar refractivity (Wildman–Crippen MR) is 97.2 cm³/mol. The summed E-state index contributed by atoms with van der Waals surface area (Å²) in [6.07, 6.45) is 2.25. The number of amides is 2. The Balaban J connectivity index is 1.24. The molecular weight excluding hydrogens is 352 g/mol. The molecule has 1 aromatic carbocycles. The third-order valence-electron chi connectivity index (χ3n) is 3.89. The van der Waals surface area contributed by atoms with Gasteiger partial charge in [0.15, 0.2) is 6.61 Å². The van der Waals surface area contributed by atoms with Gasteiger partial charge in [-0.25, -0.2) is 4.79 Å². The molecule has 8 heteroatoms. The smallest absolute Gasteiger partial charge is 0.319 e. The number of rotatable bonds is 7. The molecule has 0 saturated heterocycles. The average Bonchev–Trinajstić information content (AvgIpc) is 3.18. The summed E-state index contributed by atoms with van der Waals surface area (Å²) in [5.41, 5.74) is 0.691. The molecule has 7 nitrogen and oxygen atoms in total. The van der Waals surface area contributed by atoms with Crippen LogP contribution in [0.4, 0.5) is 10.5 Å². The van der Waals surface area contributed by atoms with Gasteiger partial charge in [0, 0.05) is 16.5 Å². The highest BCUT2D eigenvalue weighted by atomic mass is 32.1. The maximum Gasteiger partial charge on any atom is 0.319 e. The van der Waals surface area contributed by atoms with E-state index in [0.717, 1.165) is 17.7 Å². The number of thiophene rings is 1. The summed E-state index contributed by atoms with van der Waals surface area (Å²) in [5.74, 6) is 2.36. The Morgan fingerprint density at radius 3 is 2.85 bits per heavy atom. The summed E-state index contributed by atoms with van der Waals surface area (Å²) in [5, 5.41) is 11.5. The van der Waals surface area contributed by atoms with Crippen LogP contribution >= 0.6 is 11.3 Å². The molecule has 3 aromatic rings. The van der Waals surface area contributed by atoms with Gasteiger partial charge in [0.2, 0.25) is 11.7 Å².